The van der Waals surface area contributed by atoms with Gasteiger partial charge in [-0.2, -0.15) is 13.2 Å². The number of halogens is 3. The maximum atomic E-state index is 12.9. The number of carbonyl (C=O) groups is 1. The Morgan fingerprint density at radius 1 is 1.30 bits per heavy atom. The molecule has 124 valence electrons. The van der Waals surface area contributed by atoms with Gasteiger partial charge < -0.3 is 14.1 Å². The SMILES string of the molecule is COC[C@@H](c1cccc(C(F)(F)F)c1)N(C)C(=O)c1ccco1. The van der Waals surface area contributed by atoms with Gasteiger partial charge in [-0.25, -0.2) is 0 Å². The van der Waals surface area contributed by atoms with E-state index in [-0.39, 0.29) is 12.4 Å². The Morgan fingerprint density at radius 3 is 2.61 bits per heavy atom. The predicted molar refractivity (Wildman–Crippen MR) is 76.9 cm³/mol. The second kappa shape index (κ2) is 6.87. The molecule has 0 aliphatic heterocycles. The van der Waals surface area contributed by atoms with Crippen LogP contribution in [0.15, 0.2) is 47.1 Å². The van der Waals surface area contributed by atoms with Crippen LogP contribution in [0.4, 0.5) is 13.2 Å². The minimum absolute atomic E-state index is 0.0598. The van der Waals surface area contributed by atoms with Crippen LogP contribution in [0.1, 0.15) is 27.7 Å². The van der Waals surface area contributed by atoms with Gasteiger partial charge in [0.25, 0.3) is 5.91 Å². The zero-order chi connectivity index (χ0) is 17.0. The van der Waals surface area contributed by atoms with E-state index in [9.17, 15) is 18.0 Å². The Morgan fingerprint density at radius 2 is 2.04 bits per heavy atom. The first-order chi connectivity index (χ1) is 10.8. The van der Waals surface area contributed by atoms with Gasteiger partial charge in [0, 0.05) is 14.2 Å². The Bertz CT molecular complexity index is 653. The summed E-state index contributed by atoms with van der Waals surface area (Å²) in [4.78, 5) is 13.6. The maximum absolute atomic E-state index is 12.9. The highest BCUT2D eigenvalue weighted by Crippen LogP contribution is 2.32. The van der Waals surface area contributed by atoms with Crippen LogP contribution < -0.4 is 0 Å². The monoisotopic (exact) mass is 327 g/mol. The van der Waals surface area contributed by atoms with Crippen molar-refractivity contribution >= 4 is 5.91 Å². The van der Waals surface area contributed by atoms with Crippen LogP contribution in [0.2, 0.25) is 0 Å². The molecule has 2 rings (SSSR count). The third kappa shape index (κ3) is 3.92. The smallest absolute Gasteiger partial charge is 0.416 e. The van der Waals surface area contributed by atoms with Gasteiger partial charge in [0.2, 0.25) is 0 Å². The minimum atomic E-state index is -4.45. The lowest BCUT2D eigenvalue weighted by atomic mass is 10.0. The normalized spacial score (nSPS) is 12.9. The van der Waals surface area contributed by atoms with Crippen molar-refractivity contribution in [2.24, 2.45) is 0 Å². The molecule has 23 heavy (non-hydrogen) atoms. The molecule has 1 heterocycles. The Balaban J connectivity index is 2.33. The van der Waals surface area contributed by atoms with E-state index in [0.717, 1.165) is 12.1 Å². The van der Waals surface area contributed by atoms with Crippen LogP contribution in [0.3, 0.4) is 0 Å². The molecule has 4 nitrogen and oxygen atoms in total. The van der Waals surface area contributed by atoms with Crippen LogP contribution in [0.25, 0.3) is 0 Å². The number of amides is 1. The molecule has 0 unspecified atom stereocenters. The van der Waals surface area contributed by atoms with Crippen molar-refractivity contribution < 1.29 is 27.1 Å². The molecule has 7 heteroatoms. The van der Waals surface area contributed by atoms with Crippen LogP contribution in [0, 0.1) is 0 Å². The summed E-state index contributed by atoms with van der Waals surface area (Å²) >= 11 is 0. The van der Waals surface area contributed by atoms with Crippen molar-refractivity contribution in [2.75, 3.05) is 20.8 Å². The topological polar surface area (TPSA) is 42.7 Å². The summed E-state index contributed by atoms with van der Waals surface area (Å²) in [6, 6.07) is 7.25. The molecule has 0 aliphatic carbocycles. The number of benzene rings is 1. The number of carbonyl (C=O) groups excluding carboxylic acids is 1. The van der Waals surface area contributed by atoms with Crippen LogP contribution in [-0.2, 0) is 10.9 Å². The molecule has 0 saturated carbocycles. The van der Waals surface area contributed by atoms with Crippen molar-refractivity contribution in [2.45, 2.75) is 12.2 Å². The van der Waals surface area contributed by atoms with E-state index in [1.807, 2.05) is 0 Å². The molecule has 0 fully saturated rings. The first kappa shape index (κ1) is 17.1. The number of rotatable bonds is 5. The molecule has 0 saturated heterocycles. The van der Waals surface area contributed by atoms with Gasteiger partial charge in [-0.05, 0) is 29.8 Å². The van der Waals surface area contributed by atoms with Gasteiger partial charge in [-0.1, -0.05) is 12.1 Å². The number of hydrogen-bond acceptors (Lipinski definition) is 3. The summed E-state index contributed by atoms with van der Waals surface area (Å²) in [6.45, 7) is 0.0598. The summed E-state index contributed by atoms with van der Waals surface area (Å²) in [5.41, 5.74) is -0.431. The Labute approximate surface area is 131 Å². The zero-order valence-corrected chi connectivity index (χ0v) is 12.6. The first-order valence-corrected chi connectivity index (χ1v) is 6.81. The van der Waals surface area contributed by atoms with Gasteiger partial charge in [-0.3, -0.25) is 4.79 Å². The molecule has 1 amide bonds. The number of methoxy groups -OCH3 is 1. The highest BCUT2D eigenvalue weighted by Gasteiger charge is 2.32. The van der Waals surface area contributed by atoms with Crippen molar-refractivity contribution in [3.8, 4) is 0 Å². The average Bonchev–Trinajstić information content (AvgIpc) is 3.05. The average molecular weight is 327 g/mol. The predicted octanol–water partition coefficient (Wildman–Crippen LogP) is 3.76. The maximum Gasteiger partial charge on any atom is 0.416 e. The lowest BCUT2D eigenvalue weighted by molar-refractivity contribution is -0.137. The molecule has 0 radical (unpaired) electrons. The fourth-order valence-corrected chi connectivity index (χ4v) is 2.23. The minimum Gasteiger partial charge on any atom is -0.459 e. The van der Waals surface area contributed by atoms with Crippen molar-refractivity contribution in [3.63, 3.8) is 0 Å². The van der Waals surface area contributed by atoms with Crippen LogP contribution in [-0.4, -0.2) is 31.6 Å². The van der Waals surface area contributed by atoms with Crippen LogP contribution in [0.5, 0.6) is 0 Å². The van der Waals surface area contributed by atoms with Gasteiger partial charge in [0.05, 0.1) is 24.5 Å². The summed E-state index contributed by atoms with van der Waals surface area (Å²) < 4.78 is 48.7. The lowest BCUT2D eigenvalue weighted by Gasteiger charge is -2.28. The van der Waals surface area contributed by atoms with Gasteiger partial charge in [0.15, 0.2) is 5.76 Å². The summed E-state index contributed by atoms with van der Waals surface area (Å²) in [5.74, 6) is -0.324. The lowest BCUT2D eigenvalue weighted by Crippen LogP contribution is -2.33. The molecule has 2 aromatic rings. The second-order valence-electron chi connectivity index (χ2n) is 4.99. The highest BCUT2D eigenvalue weighted by atomic mass is 19.4. The standard InChI is InChI=1S/C16H16F3NO3/c1-20(15(21)14-7-4-8-23-14)13(10-22-2)11-5-3-6-12(9-11)16(17,18)19/h3-9,13H,10H2,1-2H3/t13-/m0/s1. The van der Waals surface area contributed by atoms with E-state index < -0.39 is 23.7 Å². The molecule has 0 N–H and O–H groups in total. The number of furan rings is 1. The quantitative estimate of drug-likeness (QED) is 0.840. The number of alkyl halides is 3. The van der Waals surface area contributed by atoms with E-state index in [1.54, 1.807) is 6.07 Å². The summed E-state index contributed by atoms with van der Waals surface area (Å²) in [7, 11) is 2.92. The number of ether oxygens (including phenoxy) is 1. The zero-order valence-electron chi connectivity index (χ0n) is 12.6. The van der Waals surface area contributed by atoms with Crippen molar-refractivity contribution in [1.82, 2.24) is 4.90 Å². The molecule has 0 bridgehead atoms. The molecule has 1 aromatic carbocycles. The van der Waals surface area contributed by atoms with E-state index in [1.165, 1.54) is 43.5 Å². The molecule has 1 atom stereocenters. The third-order valence-electron chi connectivity index (χ3n) is 3.44. The summed E-state index contributed by atoms with van der Waals surface area (Å²) in [5, 5.41) is 0. The highest BCUT2D eigenvalue weighted by molar-refractivity contribution is 5.91. The fraction of sp³-hybridized carbons (Fsp3) is 0.312. The second-order valence-corrected chi connectivity index (χ2v) is 4.99. The number of likely N-dealkylation sites (N-methyl/N-ethyl adjacent to an activating group) is 1. The molecule has 0 aliphatic rings. The fourth-order valence-electron chi connectivity index (χ4n) is 2.23. The van der Waals surface area contributed by atoms with Gasteiger partial charge >= 0.3 is 6.18 Å². The summed E-state index contributed by atoms with van der Waals surface area (Å²) in [6.07, 6.45) is -3.09. The largest absolute Gasteiger partial charge is 0.459 e. The molecular formula is C16H16F3NO3. The van der Waals surface area contributed by atoms with Crippen LogP contribution >= 0.6 is 0 Å². The van der Waals surface area contributed by atoms with Crippen molar-refractivity contribution in [3.05, 3.63) is 59.5 Å². The van der Waals surface area contributed by atoms with Crippen molar-refractivity contribution in [1.29, 1.82) is 0 Å². The van der Waals surface area contributed by atoms with Gasteiger partial charge in [-0.15, -0.1) is 0 Å². The van der Waals surface area contributed by atoms with E-state index in [0.29, 0.717) is 5.56 Å². The van der Waals surface area contributed by atoms with E-state index in [4.69, 9.17) is 9.15 Å². The number of nitrogens with zero attached hydrogens (tertiary/aromatic N) is 1. The third-order valence-corrected chi connectivity index (χ3v) is 3.44. The molecule has 1 aromatic heterocycles. The first-order valence-electron chi connectivity index (χ1n) is 6.81. The Kier molecular flexibility index (Phi) is 5.10. The molecule has 0 spiro atoms. The number of hydrogen-bond donors (Lipinski definition) is 0. The molecular weight excluding hydrogens is 311 g/mol. The van der Waals surface area contributed by atoms with E-state index in [2.05, 4.69) is 0 Å². The van der Waals surface area contributed by atoms with E-state index >= 15 is 0 Å². The van der Waals surface area contributed by atoms with Gasteiger partial charge in [0.1, 0.15) is 0 Å². The Hall–Kier alpha value is -2.28.